The molecule has 0 bridgehead atoms. The Labute approximate surface area is 183 Å². The van der Waals surface area contributed by atoms with Crippen LogP contribution in [0.5, 0.6) is 0 Å². The minimum atomic E-state index is -0.707. The molecule has 0 unspecified atom stereocenters. The fraction of sp³-hybridized carbons (Fsp3) is 0.125. The van der Waals surface area contributed by atoms with E-state index in [1.165, 1.54) is 12.1 Å². The molecule has 3 aromatic rings. The van der Waals surface area contributed by atoms with Crippen LogP contribution in [0, 0.1) is 10.1 Å². The molecule has 8 nitrogen and oxygen atoms in total. The number of imide groups is 1. The van der Waals surface area contributed by atoms with Crippen LogP contribution in [-0.4, -0.2) is 39.0 Å². The lowest BCUT2D eigenvalue weighted by atomic mass is 10.1. The van der Waals surface area contributed by atoms with Gasteiger partial charge in [0.1, 0.15) is 6.54 Å². The minimum Gasteiger partial charge on any atom is -0.332 e. The predicted molar refractivity (Wildman–Crippen MR) is 116 cm³/mol. The zero-order valence-electron chi connectivity index (χ0n) is 17.0. The second-order valence-electron chi connectivity index (χ2n) is 7.40. The Morgan fingerprint density at radius 1 is 0.812 bits per heavy atom. The third kappa shape index (κ3) is 4.24. The number of carbonyl (C=O) groups excluding carboxylic acids is 3. The molecule has 3 aromatic carbocycles. The monoisotopic (exact) mass is 429 g/mol. The van der Waals surface area contributed by atoms with E-state index < -0.39 is 29.2 Å². The van der Waals surface area contributed by atoms with Gasteiger partial charge in [-0.1, -0.05) is 60.7 Å². The fourth-order valence-corrected chi connectivity index (χ4v) is 3.61. The molecule has 1 heterocycles. The topological polar surface area (TPSA) is 101 Å². The van der Waals surface area contributed by atoms with Crippen LogP contribution in [-0.2, 0) is 17.9 Å². The summed E-state index contributed by atoms with van der Waals surface area (Å²) in [6.07, 6.45) is 0. The Balaban J connectivity index is 1.56. The summed E-state index contributed by atoms with van der Waals surface area (Å²) in [6.45, 7) is 0.173. The average Bonchev–Trinajstić information content (AvgIpc) is 3.04. The van der Waals surface area contributed by atoms with E-state index in [4.69, 9.17) is 0 Å². The zero-order valence-corrected chi connectivity index (χ0v) is 17.0. The highest BCUT2D eigenvalue weighted by molar-refractivity contribution is 6.22. The third-order valence-corrected chi connectivity index (χ3v) is 5.24. The second-order valence-corrected chi connectivity index (χ2v) is 7.40. The summed E-state index contributed by atoms with van der Waals surface area (Å²) in [5, 5.41) is 11.0. The number of hydrogen-bond donors (Lipinski definition) is 0. The maximum absolute atomic E-state index is 13.2. The molecule has 0 radical (unpaired) electrons. The standard InChI is InChI=1S/C24H19N3O5/c28-22(16-26-23(29)20-12-11-19(27(31)32)13-21(20)24(26)30)25(14-17-7-3-1-4-8-17)15-18-9-5-2-6-10-18/h1-13H,14-16H2. The summed E-state index contributed by atoms with van der Waals surface area (Å²) in [7, 11) is 0. The van der Waals surface area contributed by atoms with Crippen molar-refractivity contribution < 1.29 is 19.3 Å². The molecule has 3 amide bonds. The predicted octanol–water partition coefficient (Wildman–Crippen LogP) is 3.42. The van der Waals surface area contributed by atoms with E-state index in [0.717, 1.165) is 22.1 Å². The van der Waals surface area contributed by atoms with Gasteiger partial charge in [0, 0.05) is 25.2 Å². The molecule has 0 fully saturated rings. The summed E-state index contributed by atoms with van der Waals surface area (Å²) in [6, 6.07) is 22.3. The van der Waals surface area contributed by atoms with Crippen LogP contribution >= 0.6 is 0 Å². The van der Waals surface area contributed by atoms with Crippen molar-refractivity contribution in [3.8, 4) is 0 Å². The van der Waals surface area contributed by atoms with Crippen LogP contribution in [0.25, 0.3) is 0 Å². The molecular weight excluding hydrogens is 410 g/mol. The van der Waals surface area contributed by atoms with Gasteiger partial charge in [-0.05, 0) is 17.2 Å². The molecule has 0 spiro atoms. The van der Waals surface area contributed by atoms with Gasteiger partial charge >= 0.3 is 0 Å². The first-order chi connectivity index (χ1) is 15.4. The number of amides is 3. The normalized spacial score (nSPS) is 12.6. The minimum absolute atomic E-state index is 0.0605. The molecule has 4 rings (SSSR count). The van der Waals surface area contributed by atoms with E-state index in [0.29, 0.717) is 13.1 Å². The van der Waals surface area contributed by atoms with Crippen LogP contribution in [0.3, 0.4) is 0 Å². The number of non-ortho nitro benzene ring substituents is 1. The van der Waals surface area contributed by atoms with Gasteiger partial charge < -0.3 is 4.90 Å². The summed E-state index contributed by atoms with van der Waals surface area (Å²) >= 11 is 0. The molecule has 0 saturated heterocycles. The van der Waals surface area contributed by atoms with E-state index in [9.17, 15) is 24.5 Å². The number of fused-ring (bicyclic) bond motifs is 1. The van der Waals surface area contributed by atoms with Gasteiger partial charge in [-0.2, -0.15) is 0 Å². The van der Waals surface area contributed by atoms with Crippen molar-refractivity contribution >= 4 is 23.4 Å². The second kappa shape index (κ2) is 8.81. The summed E-state index contributed by atoms with van der Waals surface area (Å²) in [5.41, 5.74) is 1.54. The molecule has 160 valence electrons. The Morgan fingerprint density at radius 2 is 1.34 bits per heavy atom. The number of benzene rings is 3. The maximum atomic E-state index is 13.2. The SMILES string of the molecule is O=C(CN1C(=O)c2ccc([N+](=O)[O-])cc2C1=O)N(Cc1ccccc1)Cc1ccccc1. The molecule has 32 heavy (non-hydrogen) atoms. The Bertz CT molecular complexity index is 1150. The Morgan fingerprint density at radius 3 is 1.88 bits per heavy atom. The first-order valence-corrected chi connectivity index (χ1v) is 9.94. The van der Waals surface area contributed by atoms with Gasteiger partial charge in [0.25, 0.3) is 17.5 Å². The summed E-state index contributed by atoms with van der Waals surface area (Å²) in [4.78, 5) is 51.5. The Hall–Kier alpha value is -4.33. The molecular formula is C24H19N3O5. The highest BCUT2D eigenvalue weighted by atomic mass is 16.6. The van der Waals surface area contributed by atoms with Crippen molar-refractivity contribution in [3.63, 3.8) is 0 Å². The lowest BCUT2D eigenvalue weighted by Crippen LogP contribution is -2.42. The van der Waals surface area contributed by atoms with Crippen LogP contribution in [0.2, 0.25) is 0 Å². The van der Waals surface area contributed by atoms with E-state index in [2.05, 4.69) is 0 Å². The quantitative estimate of drug-likeness (QED) is 0.325. The average molecular weight is 429 g/mol. The number of nitro benzene ring substituents is 1. The van der Waals surface area contributed by atoms with Crippen molar-refractivity contribution in [2.24, 2.45) is 0 Å². The maximum Gasteiger partial charge on any atom is 0.270 e. The first-order valence-electron chi connectivity index (χ1n) is 9.94. The lowest BCUT2D eigenvalue weighted by molar-refractivity contribution is -0.384. The van der Waals surface area contributed by atoms with Crippen LogP contribution < -0.4 is 0 Å². The Kier molecular flexibility index (Phi) is 5.76. The van der Waals surface area contributed by atoms with Crippen LogP contribution in [0.15, 0.2) is 78.9 Å². The van der Waals surface area contributed by atoms with Crippen molar-refractivity contribution in [2.75, 3.05) is 6.54 Å². The van der Waals surface area contributed by atoms with Crippen molar-refractivity contribution in [3.05, 3.63) is 111 Å². The molecule has 0 atom stereocenters. The van der Waals surface area contributed by atoms with Gasteiger partial charge in [0.05, 0.1) is 16.1 Å². The molecule has 0 aliphatic carbocycles. The molecule has 8 heteroatoms. The highest BCUT2D eigenvalue weighted by Gasteiger charge is 2.38. The molecule has 0 saturated carbocycles. The van der Waals surface area contributed by atoms with Crippen molar-refractivity contribution in [2.45, 2.75) is 13.1 Å². The van der Waals surface area contributed by atoms with Gasteiger partial charge in [0.2, 0.25) is 5.91 Å². The van der Waals surface area contributed by atoms with E-state index in [1.54, 1.807) is 4.90 Å². The summed E-state index contributed by atoms with van der Waals surface area (Å²) < 4.78 is 0. The first kappa shape index (κ1) is 20.9. The van der Waals surface area contributed by atoms with E-state index in [1.807, 2.05) is 60.7 Å². The number of carbonyl (C=O) groups is 3. The van der Waals surface area contributed by atoms with Crippen LogP contribution in [0.4, 0.5) is 5.69 Å². The van der Waals surface area contributed by atoms with Crippen molar-refractivity contribution in [1.29, 1.82) is 0 Å². The number of hydrogen-bond acceptors (Lipinski definition) is 5. The van der Waals surface area contributed by atoms with Gasteiger partial charge in [0.15, 0.2) is 0 Å². The highest BCUT2D eigenvalue weighted by Crippen LogP contribution is 2.27. The van der Waals surface area contributed by atoms with Gasteiger partial charge in [-0.15, -0.1) is 0 Å². The summed E-state index contributed by atoms with van der Waals surface area (Å²) in [5.74, 6) is -1.74. The number of nitro groups is 1. The molecule has 0 aromatic heterocycles. The lowest BCUT2D eigenvalue weighted by Gasteiger charge is -2.25. The number of nitrogens with zero attached hydrogens (tertiary/aromatic N) is 3. The smallest absolute Gasteiger partial charge is 0.270 e. The third-order valence-electron chi connectivity index (χ3n) is 5.24. The zero-order chi connectivity index (χ0) is 22.7. The largest absolute Gasteiger partial charge is 0.332 e. The molecule has 1 aliphatic rings. The molecule has 0 N–H and O–H groups in total. The van der Waals surface area contributed by atoms with E-state index in [-0.39, 0.29) is 16.8 Å². The van der Waals surface area contributed by atoms with Crippen molar-refractivity contribution in [1.82, 2.24) is 9.80 Å². The van der Waals surface area contributed by atoms with E-state index >= 15 is 0 Å². The molecule has 1 aliphatic heterocycles. The number of rotatable bonds is 7. The van der Waals surface area contributed by atoms with Gasteiger partial charge in [-0.3, -0.25) is 29.4 Å². The van der Waals surface area contributed by atoms with Gasteiger partial charge in [-0.25, -0.2) is 0 Å². The van der Waals surface area contributed by atoms with Crippen LogP contribution in [0.1, 0.15) is 31.8 Å². The fourth-order valence-electron chi connectivity index (χ4n) is 3.61.